The van der Waals surface area contributed by atoms with Crippen LogP contribution in [0.3, 0.4) is 0 Å². The zero-order valence-electron chi connectivity index (χ0n) is 9.77. The van der Waals surface area contributed by atoms with Crippen molar-refractivity contribution in [2.45, 2.75) is 6.04 Å². The van der Waals surface area contributed by atoms with Crippen molar-refractivity contribution in [3.63, 3.8) is 0 Å². The van der Waals surface area contributed by atoms with Crippen LogP contribution >= 0.6 is 0 Å². The number of primary amides is 1. The summed E-state index contributed by atoms with van der Waals surface area (Å²) in [7, 11) is 1.38. The Morgan fingerprint density at radius 3 is 2.50 bits per heavy atom. The van der Waals surface area contributed by atoms with Crippen LogP contribution in [-0.2, 0) is 9.53 Å². The van der Waals surface area contributed by atoms with E-state index >= 15 is 0 Å². The molecule has 0 aromatic heterocycles. The average Bonchev–Trinajstić information content (AvgIpc) is 2.31. The molecule has 0 radical (unpaired) electrons. The van der Waals surface area contributed by atoms with Crippen molar-refractivity contribution in [2.24, 2.45) is 5.73 Å². The number of hydrogen-bond donors (Lipinski definition) is 3. The molecule has 0 bridgehead atoms. The standard InChI is InChI=1S/C11H14FN3O3/c1-18-6-9(10(13)16)15-11(17)14-8-4-2-7(12)3-5-8/h2-5,9H,6H2,1H3,(H2,13,16)(H2,14,15,17). The molecule has 0 saturated carbocycles. The maximum Gasteiger partial charge on any atom is 0.319 e. The highest BCUT2D eigenvalue weighted by molar-refractivity contribution is 5.93. The number of benzene rings is 1. The van der Waals surface area contributed by atoms with Gasteiger partial charge in [0.1, 0.15) is 11.9 Å². The molecule has 6 nitrogen and oxygen atoms in total. The lowest BCUT2D eigenvalue weighted by atomic mass is 10.3. The van der Waals surface area contributed by atoms with Crippen LogP contribution in [0, 0.1) is 5.82 Å². The molecular formula is C11H14FN3O3. The topological polar surface area (TPSA) is 93.4 Å². The van der Waals surface area contributed by atoms with Gasteiger partial charge in [-0.15, -0.1) is 0 Å². The lowest BCUT2D eigenvalue weighted by Crippen LogP contribution is -2.48. The normalized spacial score (nSPS) is 11.7. The van der Waals surface area contributed by atoms with Crippen LogP contribution in [-0.4, -0.2) is 31.7 Å². The lowest BCUT2D eigenvalue weighted by Gasteiger charge is -2.14. The number of anilines is 1. The number of carbonyl (C=O) groups is 2. The number of rotatable bonds is 5. The Hall–Kier alpha value is -2.15. The van der Waals surface area contributed by atoms with Gasteiger partial charge in [0.2, 0.25) is 5.91 Å². The predicted octanol–water partition coefficient (Wildman–Crippen LogP) is 0.447. The van der Waals surface area contributed by atoms with E-state index in [0.29, 0.717) is 5.69 Å². The van der Waals surface area contributed by atoms with E-state index in [2.05, 4.69) is 10.6 Å². The predicted molar refractivity (Wildman–Crippen MR) is 63.4 cm³/mol. The number of methoxy groups -OCH3 is 1. The molecule has 1 atom stereocenters. The summed E-state index contributed by atoms with van der Waals surface area (Å²) in [5, 5.41) is 4.77. The van der Waals surface area contributed by atoms with E-state index in [0.717, 1.165) is 0 Å². The fraction of sp³-hybridized carbons (Fsp3) is 0.273. The van der Waals surface area contributed by atoms with E-state index < -0.39 is 23.8 Å². The van der Waals surface area contributed by atoms with Crippen LogP contribution in [0.2, 0.25) is 0 Å². The minimum Gasteiger partial charge on any atom is -0.382 e. The first-order valence-electron chi connectivity index (χ1n) is 5.14. The van der Waals surface area contributed by atoms with Crippen molar-refractivity contribution in [3.05, 3.63) is 30.1 Å². The number of amides is 3. The second kappa shape index (κ2) is 6.55. The van der Waals surface area contributed by atoms with Crippen LogP contribution in [0.4, 0.5) is 14.9 Å². The SMILES string of the molecule is COCC(NC(=O)Nc1ccc(F)cc1)C(N)=O. The molecule has 98 valence electrons. The first-order chi connectivity index (χ1) is 8.52. The van der Waals surface area contributed by atoms with Crippen molar-refractivity contribution >= 4 is 17.6 Å². The molecule has 0 heterocycles. The Morgan fingerprint density at radius 1 is 1.39 bits per heavy atom. The van der Waals surface area contributed by atoms with Crippen molar-refractivity contribution in [3.8, 4) is 0 Å². The molecular weight excluding hydrogens is 241 g/mol. The van der Waals surface area contributed by atoms with Crippen LogP contribution < -0.4 is 16.4 Å². The minimum atomic E-state index is -0.921. The smallest absolute Gasteiger partial charge is 0.319 e. The molecule has 0 spiro atoms. The highest BCUT2D eigenvalue weighted by Gasteiger charge is 2.17. The van der Waals surface area contributed by atoms with Crippen molar-refractivity contribution in [1.29, 1.82) is 0 Å². The summed E-state index contributed by atoms with van der Waals surface area (Å²) < 4.78 is 17.4. The van der Waals surface area contributed by atoms with Crippen LogP contribution in [0.5, 0.6) is 0 Å². The Kier molecular flexibility index (Phi) is 5.06. The molecule has 7 heteroatoms. The van der Waals surface area contributed by atoms with Crippen LogP contribution in [0.25, 0.3) is 0 Å². The fourth-order valence-electron chi connectivity index (χ4n) is 1.22. The van der Waals surface area contributed by atoms with Gasteiger partial charge in [-0.2, -0.15) is 0 Å². The monoisotopic (exact) mass is 255 g/mol. The number of urea groups is 1. The molecule has 4 N–H and O–H groups in total. The number of hydrogen-bond acceptors (Lipinski definition) is 3. The third kappa shape index (κ3) is 4.38. The molecule has 0 aliphatic heterocycles. The van der Waals surface area contributed by atoms with Crippen molar-refractivity contribution in [1.82, 2.24) is 5.32 Å². The van der Waals surface area contributed by atoms with Gasteiger partial charge in [0.05, 0.1) is 6.61 Å². The number of halogens is 1. The van der Waals surface area contributed by atoms with Crippen molar-refractivity contribution in [2.75, 3.05) is 19.0 Å². The number of carbonyl (C=O) groups excluding carboxylic acids is 2. The van der Waals surface area contributed by atoms with Gasteiger partial charge < -0.3 is 21.1 Å². The lowest BCUT2D eigenvalue weighted by molar-refractivity contribution is -0.120. The average molecular weight is 255 g/mol. The number of nitrogens with one attached hydrogen (secondary N) is 2. The van der Waals surface area contributed by atoms with Crippen LogP contribution in [0.15, 0.2) is 24.3 Å². The summed E-state index contributed by atoms with van der Waals surface area (Å²) >= 11 is 0. The molecule has 18 heavy (non-hydrogen) atoms. The quantitative estimate of drug-likeness (QED) is 0.713. The highest BCUT2D eigenvalue weighted by Crippen LogP contribution is 2.07. The van der Waals surface area contributed by atoms with E-state index in [-0.39, 0.29) is 6.61 Å². The van der Waals surface area contributed by atoms with Gasteiger partial charge in [-0.05, 0) is 24.3 Å². The van der Waals surface area contributed by atoms with E-state index in [9.17, 15) is 14.0 Å². The molecule has 1 aromatic rings. The van der Waals surface area contributed by atoms with Gasteiger partial charge in [-0.1, -0.05) is 0 Å². The molecule has 1 unspecified atom stereocenters. The number of ether oxygens (including phenoxy) is 1. The summed E-state index contributed by atoms with van der Waals surface area (Å²) in [6, 6.07) is 3.65. The Bertz CT molecular complexity index is 422. The maximum atomic E-state index is 12.6. The van der Waals surface area contributed by atoms with Gasteiger partial charge in [-0.3, -0.25) is 4.79 Å². The van der Waals surface area contributed by atoms with E-state index in [1.54, 1.807) is 0 Å². The first kappa shape index (κ1) is 13.9. The zero-order chi connectivity index (χ0) is 13.5. The van der Waals surface area contributed by atoms with Crippen LogP contribution in [0.1, 0.15) is 0 Å². The molecule has 0 aliphatic rings. The Labute approximate surface area is 103 Å². The summed E-state index contributed by atoms with van der Waals surface area (Å²) in [6.07, 6.45) is 0. The fourth-order valence-corrected chi connectivity index (χ4v) is 1.22. The molecule has 0 saturated heterocycles. The Morgan fingerprint density at radius 2 is 2.00 bits per heavy atom. The second-order valence-electron chi connectivity index (χ2n) is 3.52. The largest absolute Gasteiger partial charge is 0.382 e. The zero-order valence-corrected chi connectivity index (χ0v) is 9.77. The molecule has 0 aliphatic carbocycles. The highest BCUT2D eigenvalue weighted by atomic mass is 19.1. The van der Waals surface area contributed by atoms with Gasteiger partial charge in [0.25, 0.3) is 0 Å². The molecule has 3 amide bonds. The van der Waals surface area contributed by atoms with E-state index in [1.165, 1.54) is 31.4 Å². The third-order valence-corrected chi connectivity index (χ3v) is 2.08. The van der Waals surface area contributed by atoms with Gasteiger partial charge >= 0.3 is 6.03 Å². The van der Waals surface area contributed by atoms with Gasteiger partial charge in [0.15, 0.2) is 0 Å². The van der Waals surface area contributed by atoms with Gasteiger partial charge in [-0.25, -0.2) is 9.18 Å². The first-order valence-corrected chi connectivity index (χ1v) is 5.14. The summed E-state index contributed by atoms with van der Waals surface area (Å²) in [6.45, 7) is -0.0217. The molecule has 0 fully saturated rings. The second-order valence-corrected chi connectivity index (χ2v) is 3.52. The van der Waals surface area contributed by atoms with E-state index in [4.69, 9.17) is 10.5 Å². The molecule has 1 rings (SSSR count). The number of nitrogens with two attached hydrogens (primary N) is 1. The summed E-state index contributed by atoms with van der Waals surface area (Å²) in [5.74, 6) is -1.11. The van der Waals surface area contributed by atoms with E-state index in [1.807, 2.05) is 0 Å². The molecule has 1 aromatic carbocycles. The maximum absolute atomic E-state index is 12.6. The Balaban J connectivity index is 2.54. The summed E-state index contributed by atoms with van der Waals surface area (Å²) in [4.78, 5) is 22.5. The van der Waals surface area contributed by atoms with Crippen molar-refractivity contribution < 1.29 is 18.7 Å². The third-order valence-electron chi connectivity index (χ3n) is 2.08. The minimum absolute atomic E-state index is 0.0217. The summed E-state index contributed by atoms with van der Waals surface area (Å²) in [5.41, 5.74) is 5.47. The van der Waals surface area contributed by atoms with Gasteiger partial charge in [0, 0.05) is 12.8 Å².